The Bertz CT molecular complexity index is 325. The van der Waals surface area contributed by atoms with Gasteiger partial charge in [0, 0.05) is 6.54 Å². The largest absolute Gasteiger partial charge is 0.353 e. The van der Waals surface area contributed by atoms with Gasteiger partial charge in [-0.05, 0) is 20.3 Å². The fourth-order valence-corrected chi connectivity index (χ4v) is 1.64. The number of nitrogens with one attached hydrogen (secondary N) is 1. The van der Waals surface area contributed by atoms with Gasteiger partial charge in [-0.1, -0.05) is 39.0 Å². The number of aromatic nitrogens is 3. The predicted octanol–water partition coefficient (Wildman–Crippen LogP) is 3.26. The molecule has 0 spiro atoms. The van der Waals surface area contributed by atoms with Gasteiger partial charge in [0.1, 0.15) is 0 Å². The van der Waals surface area contributed by atoms with Crippen LogP contribution >= 0.6 is 0 Å². The Balaban J connectivity index is 2.11. The fourth-order valence-electron chi connectivity index (χ4n) is 1.64. The highest BCUT2D eigenvalue weighted by Crippen LogP contribution is 2.06. The van der Waals surface area contributed by atoms with Crippen LogP contribution in [-0.4, -0.2) is 21.7 Å². The van der Waals surface area contributed by atoms with Crippen LogP contribution in [0.5, 0.6) is 0 Å². The average molecular weight is 236 g/mol. The summed E-state index contributed by atoms with van der Waals surface area (Å²) < 4.78 is 0. The maximum Gasteiger partial charge on any atom is 0.242 e. The molecule has 1 heterocycles. The molecule has 96 valence electrons. The number of anilines is 1. The second kappa shape index (κ2) is 7.98. The molecule has 0 unspecified atom stereocenters. The summed E-state index contributed by atoms with van der Waals surface area (Å²) in [6, 6.07) is 0. The first-order valence-corrected chi connectivity index (χ1v) is 6.66. The molecular weight excluding hydrogens is 212 g/mol. The van der Waals surface area contributed by atoms with Crippen LogP contribution in [0, 0.1) is 13.8 Å². The molecule has 0 radical (unpaired) electrons. The highest BCUT2D eigenvalue weighted by Gasteiger charge is 1.99. The van der Waals surface area contributed by atoms with E-state index < -0.39 is 0 Å². The van der Waals surface area contributed by atoms with E-state index in [2.05, 4.69) is 27.4 Å². The standard InChI is InChI=1S/C13H24N4/c1-4-5-6-7-8-9-10-14-13-15-11(2)12(3)16-17-13/h4-10H2,1-3H3,(H,14,15,17). The van der Waals surface area contributed by atoms with E-state index in [0.717, 1.165) is 17.9 Å². The maximum atomic E-state index is 4.34. The Morgan fingerprint density at radius 1 is 0.882 bits per heavy atom. The van der Waals surface area contributed by atoms with E-state index in [-0.39, 0.29) is 0 Å². The minimum Gasteiger partial charge on any atom is -0.353 e. The van der Waals surface area contributed by atoms with Crippen molar-refractivity contribution in [1.29, 1.82) is 0 Å². The molecular formula is C13H24N4. The molecule has 0 aliphatic heterocycles. The lowest BCUT2D eigenvalue weighted by Crippen LogP contribution is -2.08. The molecule has 1 aromatic rings. The smallest absolute Gasteiger partial charge is 0.242 e. The van der Waals surface area contributed by atoms with Crippen LogP contribution in [0.2, 0.25) is 0 Å². The second-order valence-electron chi connectivity index (χ2n) is 4.50. The molecule has 4 nitrogen and oxygen atoms in total. The second-order valence-corrected chi connectivity index (χ2v) is 4.50. The van der Waals surface area contributed by atoms with Gasteiger partial charge in [-0.25, -0.2) is 4.98 Å². The van der Waals surface area contributed by atoms with E-state index in [9.17, 15) is 0 Å². The predicted molar refractivity (Wildman–Crippen MR) is 71.2 cm³/mol. The molecule has 0 aromatic carbocycles. The van der Waals surface area contributed by atoms with Gasteiger partial charge in [-0.2, -0.15) is 5.10 Å². The Morgan fingerprint density at radius 3 is 2.29 bits per heavy atom. The zero-order valence-corrected chi connectivity index (χ0v) is 11.3. The molecule has 0 aliphatic carbocycles. The molecule has 1 rings (SSSR count). The van der Waals surface area contributed by atoms with Crippen molar-refractivity contribution in [3.8, 4) is 0 Å². The lowest BCUT2D eigenvalue weighted by atomic mass is 10.1. The van der Waals surface area contributed by atoms with Crippen LogP contribution in [0.4, 0.5) is 5.95 Å². The lowest BCUT2D eigenvalue weighted by molar-refractivity contribution is 0.616. The molecule has 4 heteroatoms. The summed E-state index contributed by atoms with van der Waals surface area (Å²) in [6.45, 7) is 7.06. The number of unbranched alkanes of at least 4 members (excludes halogenated alkanes) is 5. The first-order chi connectivity index (χ1) is 8.24. The third kappa shape index (κ3) is 5.61. The Kier molecular flexibility index (Phi) is 6.51. The SMILES string of the molecule is CCCCCCCCNc1nnc(C)c(C)n1. The van der Waals surface area contributed by atoms with Crippen molar-refractivity contribution < 1.29 is 0 Å². The van der Waals surface area contributed by atoms with Gasteiger partial charge < -0.3 is 5.32 Å². The molecule has 0 atom stereocenters. The zero-order chi connectivity index (χ0) is 12.5. The van der Waals surface area contributed by atoms with Gasteiger partial charge in [0.15, 0.2) is 0 Å². The topological polar surface area (TPSA) is 50.7 Å². The molecule has 0 saturated carbocycles. The van der Waals surface area contributed by atoms with E-state index in [1.54, 1.807) is 0 Å². The lowest BCUT2D eigenvalue weighted by Gasteiger charge is -2.05. The number of hydrogen-bond acceptors (Lipinski definition) is 4. The minimum absolute atomic E-state index is 0.654. The van der Waals surface area contributed by atoms with Crippen LogP contribution in [0.3, 0.4) is 0 Å². The van der Waals surface area contributed by atoms with Crippen LogP contribution < -0.4 is 5.32 Å². The van der Waals surface area contributed by atoms with E-state index >= 15 is 0 Å². The Hall–Kier alpha value is -1.19. The average Bonchev–Trinajstić information content (AvgIpc) is 2.32. The Labute approximate surface area is 104 Å². The number of aryl methyl sites for hydroxylation is 2. The molecule has 0 bridgehead atoms. The minimum atomic E-state index is 0.654. The molecule has 1 N–H and O–H groups in total. The van der Waals surface area contributed by atoms with Crippen LogP contribution in [0.1, 0.15) is 56.8 Å². The van der Waals surface area contributed by atoms with Crippen molar-refractivity contribution >= 4 is 5.95 Å². The summed E-state index contributed by atoms with van der Waals surface area (Å²) in [7, 11) is 0. The van der Waals surface area contributed by atoms with Crippen molar-refractivity contribution in [3.05, 3.63) is 11.4 Å². The molecule has 0 saturated heterocycles. The summed E-state index contributed by atoms with van der Waals surface area (Å²) in [6.07, 6.45) is 7.82. The van der Waals surface area contributed by atoms with Gasteiger partial charge in [0.2, 0.25) is 5.95 Å². The van der Waals surface area contributed by atoms with Crippen molar-refractivity contribution in [1.82, 2.24) is 15.2 Å². The monoisotopic (exact) mass is 236 g/mol. The highest BCUT2D eigenvalue weighted by molar-refractivity contribution is 5.24. The maximum absolute atomic E-state index is 4.34. The summed E-state index contributed by atoms with van der Waals surface area (Å²) in [5, 5.41) is 11.3. The molecule has 1 aromatic heterocycles. The first kappa shape index (κ1) is 13.9. The molecule has 0 fully saturated rings. The van der Waals surface area contributed by atoms with Crippen molar-refractivity contribution in [3.63, 3.8) is 0 Å². The number of hydrogen-bond donors (Lipinski definition) is 1. The molecule has 0 amide bonds. The summed E-state index contributed by atoms with van der Waals surface area (Å²) in [5.41, 5.74) is 1.85. The number of nitrogens with zero attached hydrogens (tertiary/aromatic N) is 3. The highest BCUT2D eigenvalue weighted by atomic mass is 15.2. The van der Waals surface area contributed by atoms with Crippen LogP contribution in [0.25, 0.3) is 0 Å². The van der Waals surface area contributed by atoms with Crippen molar-refractivity contribution in [2.75, 3.05) is 11.9 Å². The van der Waals surface area contributed by atoms with Gasteiger partial charge in [-0.3, -0.25) is 0 Å². The van der Waals surface area contributed by atoms with Crippen LogP contribution in [0.15, 0.2) is 0 Å². The van der Waals surface area contributed by atoms with Gasteiger partial charge in [0.05, 0.1) is 11.4 Å². The molecule has 0 aliphatic rings. The normalized spacial score (nSPS) is 10.5. The summed E-state index contributed by atoms with van der Waals surface area (Å²) in [5.74, 6) is 0.654. The van der Waals surface area contributed by atoms with E-state index in [4.69, 9.17) is 0 Å². The zero-order valence-electron chi connectivity index (χ0n) is 11.3. The summed E-state index contributed by atoms with van der Waals surface area (Å²) in [4.78, 5) is 4.34. The fraction of sp³-hybridized carbons (Fsp3) is 0.769. The van der Waals surface area contributed by atoms with E-state index in [0.29, 0.717) is 5.95 Å². The van der Waals surface area contributed by atoms with Gasteiger partial charge in [-0.15, -0.1) is 5.10 Å². The third-order valence-electron chi connectivity index (χ3n) is 2.91. The summed E-state index contributed by atoms with van der Waals surface area (Å²) >= 11 is 0. The van der Waals surface area contributed by atoms with Gasteiger partial charge in [0.25, 0.3) is 0 Å². The first-order valence-electron chi connectivity index (χ1n) is 6.66. The number of rotatable bonds is 8. The third-order valence-corrected chi connectivity index (χ3v) is 2.91. The molecule has 17 heavy (non-hydrogen) atoms. The van der Waals surface area contributed by atoms with Crippen molar-refractivity contribution in [2.45, 2.75) is 59.3 Å². The van der Waals surface area contributed by atoms with E-state index in [1.807, 2.05) is 13.8 Å². The van der Waals surface area contributed by atoms with Crippen LogP contribution in [-0.2, 0) is 0 Å². The van der Waals surface area contributed by atoms with E-state index in [1.165, 1.54) is 38.5 Å². The Morgan fingerprint density at radius 2 is 1.59 bits per heavy atom. The van der Waals surface area contributed by atoms with Crippen molar-refractivity contribution in [2.24, 2.45) is 0 Å². The van der Waals surface area contributed by atoms with Gasteiger partial charge >= 0.3 is 0 Å². The quantitative estimate of drug-likeness (QED) is 0.704.